The number of rotatable bonds is 6. The van der Waals surface area contributed by atoms with E-state index in [1.165, 1.54) is 31.3 Å². The Labute approximate surface area is 183 Å². The van der Waals surface area contributed by atoms with Crippen molar-refractivity contribution in [1.82, 2.24) is 9.80 Å². The van der Waals surface area contributed by atoms with Crippen LogP contribution in [0.2, 0.25) is 0 Å². The summed E-state index contributed by atoms with van der Waals surface area (Å²) in [7, 11) is 4.11. The van der Waals surface area contributed by atoms with E-state index in [0.717, 1.165) is 12.0 Å². The molecule has 0 bridgehead atoms. The van der Waals surface area contributed by atoms with Gasteiger partial charge in [-0.15, -0.1) is 0 Å². The highest BCUT2D eigenvalue weighted by atomic mass is 16.7. The number of carbonyl (C=O) groups excluding carboxylic acids is 4. The molecule has 2 heterocycles. The fourth-order valence-corrected chi connectivity index (χ4v) is 3.81. The second-order valence-corrected chi connectivity index (χ2v) is 7.08. The first-order valence-electron chi connectivity index (χ1n) is 9.64. The zero-order chi connectivity index (χ0) is 23.0. The van der Waals surface area contributed by atoms with Crippen LogP contribution in [0.3, 0.4) is 0 Å². The zero-order valence-corrected chi connectivity index (χ0v) is 17.6. The molecule has 0 N–H and O–H groups in total. The Hall–Kier alpha value is -4.08. The summed E-state index contributed by atoms with van der Waals surface area (Å²) in [5, 5.41) is 0. The molecule has 0 aromatic heterocycles. The number of β-lactam (4-membered cyclic amide) rings is 1. The summed E-state index contributed by atoms with van der Waals surface area (Å²) in [5.41, 5.74) is 0.996. The quantitative estimate of drug-likeness (QED) is 0.380. The molecule has 2 aromatic carbocycles. The number of methoxy groups -OCH3 is 3. The summed E-state index contributed by atoms with van der Waals surface area (Å²) >= 11 is 0. The molecule has 4 rings (SSSR count). The van der Waals surface area contributed by atoms with Gasteiger partial charge in [-0.2, -0.15) is 0 Å². The van der Waals surface area contributed by atoms with E-state index in [4.69, 9.17) is 14.2 Å². The third kappa shape index (κ3) is 3.29. The number of imide groups is 1. The van der Waals surface area contributed by atoms with Gasteiger partial charge in [-0.25, -0.2) is 4.79 Å². The first-order chi connectivity index (χ1) is 15.4. The lowest BCUT2D eigenvalue weighted by Crippen LogP contribution is -2.72. The van der Waals surface area contributed by atoms with Gasteiger partial charge < -0.3 is 18.9 Å². The lowest BCUT2D eigenvalue weighted by Gasteiger charge is -2.47. The second kappa shape index (κ2) is 8.22. The van der Waals surface area contributed by atoms with Crippen LogP contribution < -0.4 is 9.47 Å². The van der Waals surface area contributed by atoms with E-state index < -0.39 is 36.1 Å². The highest BCUT2D eigenvalue weighted by Gasteiger charge is 2.58. The molecule has 2 aromatic rings. The second-order valence-electron chi connectivity index (χ2n) is 7.08. The molecule has 32 heavy (non-hydrogen) atoms. The lowest BCUT2D eigenvalue weighted by molar-refractivity contribution is -0.184. The van der Waals surface area contributed by atoms with Crippen LogP contribution in [0.1, 0.15) is 26.3 Å². The summed E-state index contributed by atoms with van der Waals surface area (Å²) in [6, 6.07) is 10.0. The van der Waals surface area contributed by atoms with E-state index >= 15 is 0 Å². The molecule has 0 radical (unpaired) electrons. The van der Waals surface area contributed by atoms with Gasteiger partial charge in [0.25, 0.3) is 17.7 Å². The number of nitrogens with zero attached hydrogens (tertiary/aromatic N) is 2. The maximum absolute atomic E-state index is 13.1. The smallest absolute Gasteiger partial charge is 0.497 e. The van der Waals surface area contributed by atoms with Crippen LogP contribution in [-0.2, 0) is 20.8 Å². The summed E-state index contributed by atoms with van der Waals surface area (Å²) in [5.74, 6) is -0.774. The minimum Gasteiger partial charge on any atom is -0.497 e. The predicted molar refractivity (Wildman–Crippen MR) is 108 cm³/mol. The molecular formula is C22H20N2O8. The van der Waals surface area contributed by atoms with Crippen molar-refractivity contribution in [2.75, 3.05) is 21.3 Å². The van der Waals surface area contributed by atoms with Gasteiger partial charge in [0.2, 0.25) is 6.23 Å². The molecule has 3 amide bonds. The van der Waals surface area contributed by atoms with Gasteiger partial charge in [-0.05, 0) is 24.3 Å². The van der Waals surface area contributed by atoms with Gasteiger partial charge in [0.15, 0.2) is 6.04 Å². The number of amides is 3. The average Bonchev–Trinajstić information content (AvgIpc) is 3.07. The van der Waals surface area contributed by atoms with Crippen molar-refractivity contribution < 1.29 is 38.1 Å². The SMILES string of the molecule is COC(=O)O[C@H]1[C@H](N2C(=O)c3ccccc3C2=O)C(=O)N1Cc1ccc(OC)cc1OC. The number of hydrogen-bond donors (Lipinski definition) is 0. The lowest BCUT2D eigenvalue weighted by atomic mass is 10.0. The van der Waals surface area contributed by atoms with Gasteiger partial charge in [0.1, 0.15) is 11.5 Å². The minimum absolute atomic E-state index is 0.00727. The van der Waals surface area contributed by atoms with Gasteiger partial charge in [0, 0.05) is 11.6 Å². The van der Waals surface area contributed by atoms with Gasteiger partial charge in [-0.3, -0.25) is 24.2 Å². The topological polar surface area (TPSA) is 112 Å². The largest absolute Gasteiger partial charge is 0.510 e. The fraction of sp³-hybridized carbons (Fsp3) is 0.273. The maximum atomic E-state index is 13.1. The van der Waals surface area contributed by atoms with Crippen molar-refractivity contribution in [3.05, 3.63) is 59.2 Å². The van der Waals surface area contributed by atoms with E-state index in [1.54, 1.807) is 30.3 Å². The molecular weight excluding hydrogens is 420 g/mol. The van der Waals surface area contributed by atoms with Crippen LogP contribution in [0.15, 0.2) is 42.5 Å². The Morgan fingerprint density at radius 2 is 1.59 bits per heavy atom. The Balaban J connectivity index is 1.63. The Kier molecular flexibility index (Phi) is 5.43. The van der Waals surface area contributed by atoms with Crippen LogP contribution in [0.4, 0.5) is 4.79 Å². The van der Waals surface area contributed by atoms with Crippen molar-refractivity contribution in [1.29, 1.82) is 0 Å². The molecule has 1 saturated heterocycles. The Morgan fingerprint density at radius 1 is 0.938 bits per heavy atom. The highest BCUT2D eigenvalue weighted by Crippen LogP contribution is 2.36. The third-order valence-corrected chi connectivity index (χ3v) is 5.44. The molecule has 10 nitrogen and oxygen atoms in total. The number of benzene rings is 2. The van der Waals surface area contributed by atoms with Crippen molar-refractivity contribution in [3.63, 3.8) is 0 Å². The number of hydrogen-bond acceptors (Lipinski definition) is 8. The zero-order valence-electron chi connectivity index (χ0n) is 17.6. The van der Waals surface area contributed by atoms with E-state index in [0.29, 0.717) is 17.1 Å². The molecule has 0 unspecified atom stereocenters. The average molecular weight is 440 g/mol. The summed E-state index contributed by atoms with van der Waals surface area (Å²) in [6.45, 7) is 0.00727. The molecule has 0 aliphatic carbocycles. The normalized spacial score (nSPS) is 19.4. The number of ether oxygens (including phenoxy) is 4. The first kappa shape index (κ1) is 21.2. The van der Waals surface area contributed by atoms with Crippen LogP contribution in [0, 0.1) is 0 Å². The number of carbonyl (C=O) groups is 4. The van der Waals surface area contributed by atoms with Gasteiger partial charge >= 0.3 is 6.16 Å². The van der Waals surface area contributed by atoms with Crippen molar-refractivity contribution in [3.8, 4) is 11.5 Å². The maximum Gasteiger partial charge on any atom is 0.510 e. The first-order valence-corrected chi connectivity index (χ1v) is 9.64. The van der Waals surface area contributed by atoms with Crippen LogP contribution in [0.5, 0.6) is 11.5 Å². The van der Waals surface area contributed by atoms with Gasteiger partial charge in [-0.1, -0.05) is 12.1 Å². The van der Waals surface area contributed by atoms with Crippen LogP contribution >= 0.6 is 0 Å². The van der Waals surface area contributed by atoms with Crippen LogP contribution in [-0.4, -0.2) is 67.3 Å². The molecule has 1 fully saturated rings. The molecule has 10 heteroatoms. The molecule has 2 aliphatic rings. The van der Waals surface area contributed by atoms with E-state index in [-0.39, 0.29) is 17.7 Å². The van der Waals surface area contributed by atoms with E-state index in [9.17, 15) is 19.2 Å². The van der Waals surface area contributed by atoms with Crippen molar-refractivity contribution >= 4 is 23.9 Å². The van der Waals surface area contributed by atoms with Crippen LogP contribution in [0.25, 0.3) is 0 Å². The van der Waals surface area contributed by atoms with E-state index in [2.05, 4.69) is 4.74 Å². The highest BCUT2D eigenvalue weighted by molar-refractivity contribution is 6.23. The Morgan fingerprint density at radius 3 is 2.16 bits per heavy atom. The predicted octanol–water partition coefficient (Wildman–Crippen LogP) is 1.82. The van der Waals surface area contributed by atoms with Crippen molar-refractivity contribution in [2.45, 2.75) is 18.8 Å². The molecule has 2 aliphatic heterocycles. The van der Waals surface area contributed by atoms with E-state index in [1.807, 2.05) is 0 Å². The van der Waals surface area contributed by atoms with Gasteiger partial charge in [0.05, 0.1) is 39.0 Å². The molecule has 2 atom stereocenters. The summed E-state index contributed by atoms with van der Waals surface area (Å²) in [6.07, 6.45) is -2.26. The summed E-state index contributed by atoms with van der Waals surface area (Å²) in [4.78, 5) is 52.7. The Bertz CT molecular complexity index is 1080. The van der Waals surface area contributed by atoms with Crippen molar-refractivity contribution in [2.24, 2.45) is 0 Å². The standard InChI is InChI=1S/C22H20N2O8/c1-29-13-9-8-12(16(10-13)30-2)11-23-20(27)17(21(23)32-22(28)31-3)24-18(25)14-6-4-5-7-15(14)19(24)26/h4-10,17,21H,11H2,1-3H3/t17-,21+/m1/s1. The number of likely N-dealkylation sites (tertiary alicyclic amines) is 1. The molecule has 166 valence electrons. The fourth-order valence-electron chi connectivity index (χ4n) is 3.81. The molecule has 0 saturated carbocycles. The monoisotopic (exact) mass is 440 g/mol. The molecule has 0 spiro atoms. The minimum atomic E-state index is -1.30. The number of fused-ring (bicyclic) bond motifs is 1. The summed E-state index contributed by atoms with van der Waals surface area (Å²) < 4.78 is 20.4. The third-order valence-electron chi connectivity index (χ3n) is 5.44.